The summed E-state index contributed by atoms with van der Waals surface area (Å²) < 4.78 is 5.03. The maximum absolute atomic E-state index is 11.3. The van der Waals surface area contributed by atoms with Crippen LogP contribution in [0.3, 0.4) is 0 Å². The van der Waals surface area contributed by atoms with E-state index in [9.17, 15) is 9.59 Å². The van der Waals surface area contributed by atoms with Gasteiger partial charge in [0.25, 0.3) is 0 Å². The lowest BCUT2D eigenvalue weighted by Crippen LogP contribution is -2.42. The Morgan fingerprint density at radius 2 is 1.20 bits per heavy atom. The van der Waals surface area contributed by atoms with Gasteiger partial charge in [-0.25, -0.2) is 0 Å². The van der Waals surface area contributed by atoms with Gasteiger partial charge in [0.05, 0.1) is 6.61 Å². The van der Waals surface area contributed by atoms with Crippen molar-refractivity contribution in [2.24, 2.45) is 11.5 Å². The fraction of sp³-hybridized carbons (Fsp3) is 0.364. The highest BCUT2D eigenvalue weighted by atomic mass is 35.5. The van der Waals surface area contributed by atoms with E-state index in [0.29, 0.717) is 0 Å². The molecule has 0 unspecified atom stereocenters. The number of ether oxygens (including phenoxy) is 1. The summed E-state index contributed by atoms with van der Waals surface area (Å²) in [4.78, 5) is 21.2. The lowest BCUT2D eigenvalue weighted by Gasteiger charge is -2.16. The van der Waals surface area contributed by atoms with E-state index in [0.717, 1.165) is 11.1 Å². The molecular formula is C22H33ClN2O5. The van der Waals surface area contributed by atoms with Crippen molar-refractivity contribution < 1.29 is 24.5 Å². The van der Waals surface area contributed by atoms with Gasteiger partial charge in [-0.15, -0.1) is 12.4 Å². The standard InChI is InChI=1S/C11H15NO2.C7H8O.C4H9NO2.ClH/c1-11(2,12)10(13)14-8-9-6-4-3-5-7-9;8-6-7-4-2-1-3-5-7;1-4(2,5)3(6)7;/h3-7H,8,12H2,1-2H3;1-5,8H,6H2;5H2,1-2H3,(H,6,7);1H. The van der Waals surface area contributed by atoms with Crippen molar-refractivity contribution in [1.82, 2.24) is 0 Å². The molecule has 2 aromatic rings. The van der Waals surface area contributed by atoms with Gasteiger partial charge >= 0.3 is 11.9 Å². The number of esters is 1. The quantitative estimate of drug-likeness (QED) is 0.524. The molecule has 30 heavy (non-hydrogen) atoms. The third-order valence-electron chi connectivity index (χ3n) is 3.32. The van der Waals surface area contributed by atoms with Crippen molar-refractivity contribution in [3.05, 3.63) is 71.8 Å². The maximum atomic E-state index is 11.3. The van der Waals surface area contributed by atoms with E-state index in [4.69, 9.17) is 26.4 Å². The normalized spacial score (nSPS) is 10.2. The summed E-state index contributed by atoms with van der Waals surface area (Å²) in [5, 5.41) is 16.7. The topological polar surface area (TPSA) is 136 Å². The Balaban J connectivity index is 0. The molecule has 0 spiro atoms. The summed E-state index contributed by atoms with van der Waals surface area (Å²) in [6.45, 7) is 6.55. The Kier molecular flexibility index (Phi) is 14.4. The predicted molar refractivity (Wildman–Crippen MR) is 120 cm³/mol. The minimum atomic E-state index is -1.08. The van der Waals surface area contributed by atoms with Gasteiger partial charge in [-0.3, -0.25) is 9.59 Å². The molecule has 0 aliphatic rings. The number of halogens is 1. The largest absolute Gasteiger partial charge is 0.480 e. The van der Waals surface area contributed by atoms with Crippen LogP contribution >= 0.6 is 12.4 Å². The number of carbonyl (C=O) groups excluding carboxylic acids is 1. The molecule has 0 amide bonds. The minimum Gasteiger partial charge on any atom is -0.480 e. The van der Waals surface area contributed by atoms with Crippen molar-refractivity contribution in [3.63, 3.8) is 0 Å². The van der Waals surface area contributed by atoms with Gasteiger partial charge in [0, 0.05) is 0 Å². The number of rotatable bonds is 5. The van der Waals surface area contributed by atoms with Crippen LogP contribution in [0.1, 0.15) is 38.8 Å². The molecule has 168 valence electrons. The number of hydrogen-bond acceptors (Lipinski definition) is 6. The smallest absolute Gasteiger partial charge is 0.325 e. The Morgan fingerprint density at radius 3 is 1.47 bits per heavy atom. The zero-order chi connectivity index (χ0) is 22.5. The highest BCUT2D eigenvalue weighted by Gasteiger charge is 2.23. The number of carboxylic acids is 1. The number of carboxylic acid groups (broad SMARTS) is 1. The van der Waals surface area contributed by atoms with E-state index in [-0.39, 0.29) is 31.6 Å². The zero-order valence-electron chi connectivity index (χ0n) is 17.9. The average Bonchev–Trinajstić information content (AvgIpc) is 2.67. The lowest BCUT2D eigenvalue weighted by molar-refractivity contribution is -0.150. The number of aliphatic hydroxyl groups excluding tert-OH is 1. The molecule has 0 saturated carbocycles. The van der Waals surface area contributed by atoms with Crippen LogP contribution < -0.4 is 11.5 Å². The molecule has 6 N–H and O–H groups in total. The summed E-state index contributed by atoms with van der Waals surface area (Å²) in [5.41, 5.74) is 10.6. The lowest BCUT2D eigenvalue weighted by atomic mass is 10.1. The SMILES string of the molecule is CC(C)(N)C(=O)O.CC(C)(N)C(=O)OCc1ccccc1.Cl.OCc1ccccc1. The monoisotopic (exact) mass is 440 g/mol. The van der Waals surface area contributed by atoms with Crippen molar-refractivity contribution >= 4 is 24.3 Å². The van der Waals surface area contributed by atoms with Gasteiger partial charge in [-0.05, 0) is 38.8 Å². The van der Waals surface area contributed by atoms with E-state index in [1.54, 1.807) is 13.8 Å². The van der Waals surface area contributed by atoms with Gasteiger partial charge in [0.1, 0.15) is 17.7 Å². The van der Waals surface area contributed by atoms with E-state index in [1.807, 2.05) is 60.7 Å². The van der Waals surface area contributed by atoms with Crippen LogP contribution in [0.25, 0.3) is 0 Å². The molecule has 0 saturated heterocycles. The number of aliphatic carboxylic acids is 1. The molecule has 7 nitrogen and oxygen atoms in total. The van der Waals surface area contributed by atoms with Crippen LogP contribution in [-0.2, 0) is 27.5 Å². The first kappa shape index (κ1) is 29.7. The Morgan fingerprint density at radius 1 is 0.833 bits per heavy atom. The third kappa shape index (κ3) is 14.5. The molecule has 0 bridgehead atoms. The van der Waals surface area contributed by atoms with Crippen molar-refractivity contribution in [3.8, 4) is 0 Å². The van der Waals surface area contributed by atoms with Crippen molar-refractivity contribution in [1.29, 1.82) is 0 Å². The highest BCUT2D eigenvalue weighted by molar-refractivity contribution is 5.85. The maximum Gasteiger partial charge on any atom is 0.325 e. The Hall–Kier alpha value is -2.45. The van der Waals surface area contributed by atoms with Crippen LogP contribution in [0.4, 0.5) is 0 Å². The average molecular weight is 441 g/mol. The molecule has 0 radical (unpaired) electrons. The number of hydrogen-bond donors (Lipinski definition) is 4. The van der Waals surface area contributed by atoms with Gasteiger partial charge in [0.15, 0.2) is 0 Å². The van der Waals surface area contributed by atoms with Gasteiger partial charge in [0.2, 0.25) is 0 Å². The summed E-state index contributed by atoms with van der Waals surface area (Å²) in [6.07, 6.45) is 0. The van der Waals surface area contributed by atoms with E-state index >= 15 is 0 Å². The highest BCUT2D eigenvalue weighted by Crippen LogP contribution is 2.05. The number of aliphatic hydroxyl groups is 1. The summed E-state index contributed by atoms with van der Waals surface area (Å²) in [7, 11) is 0. The fourth-order valence-corrected chi connectivity index (χ4v) is 1.49. The first-order valence-electron chi connectivity index (χ1n) is 9.05. The first-order valence-corrected chi connectivity index (χ1v) is 9.05. The molecule has 0 aliphatic heterocycles. The molecule has 2 rings (SSSR count). The van der Waals surface area contributed by atoms with E-state index in [1.165, 1.54) is 13.8 Å². The zero-order valence-corrected chi connectivity index (χ0v) is 18.7. The van der Waals surface area contributed by atoms with Crippen molar-refractivity contribution in [2.75, 3.05) is 0 Å². The van der Waals surface area contributed by atoms with Crippen LogP contribution in [0.15, 0.2) is 60.7 Å². The van der Waals surface area contributed by atoms with Crippen LogP contribution in [-0.4, -0.2) is 33.2 Å². The molecule has 0 atom stereocenters. The van der Waals surface area contributed by atoms with Crippen LogP contribution in [0, 0.1) is 0 Å². The molecule has 8 heteroatoms. The number of benzene rings is 2. The third-order valence-corrected chi connectivity index (χ3v) is 3.32. The second kappa shape index (κ2) is 14.5. The summed E-state index contributed by atoms with van der Waals surface area (Å²) in [5.74, 6) is -1.37. The molecular weight excluding hydrogens is 408 g/mol. The van der Waals surface area contributed by atoms with E-state index in [2.05, 4.69) is 0 Å². The fourth-order valence-electron chi connectivity index (χ4n) is 1.49. The number of nitrogens with two attached hydrogens (primary N) is 2. The predicted octanol–water partition coefficient (Wildman–Crippen LogP) is 2.88. The van der Waals surface area contributed by atoms with Gasteiger partial charge in [-0.2, -0.15) is 0 Å². The minimum absolute atomic E-state index is 0. The Bertz CT molecular complexity index is 727. The molecule has 0 aliphatic carbocycles. The van der Waals surface area contributed by atoms with Gasteiger partial charge < -0.3 is 26.4 Å². The first-order chi connectivity index (χ1) is 13.4. The second-order valence-electron chi connectivity index (χ2n) is 7.45. The summed E-state index contributed by atoms with van der Waals surface area (Å²) in [6, 6.07) is 19.0. The Labute approximate surface area is 184 Å². The number of carbonyl (C=O) groups is 2. The molecule has 0 fully saturated rings. The van der Waals surface area contributed by atoms with Crippen LogP contribution in [0.5, 0.6) is 0 Å². The van der Waals surface area contributed by atoms with Crippen LogP contribution in [0.2, 0.25) is 0 Å². The van der Waals surface area contributed by atoms with E-state index < -0.39 is 17.0 Å². The molecule has 2 aromatic carbocycles. The molecule has 0 heterocycles. The molecule has 0 aromatic heterocycles. The summed E-state index contributed by atoms with van der Waals surface area (Å²) >= 11 is 0. The second-order valence-corrected chi connectivity index (χ2v) is 7.45. The van der Waals surface area contributed by atoms with Gasteiger partial charge in [-0.1, -0.05) is 60.7 Å². The van der Waals surface area contributed by atoms with Crippen molar-refractivity contribution in [2.45, 2.75) is 52.0 Å².